The molecule has 1 atom stereocenters. The Bertz CT molecular complexity index is 349. The molecular weight excluding hydrogens is 238 g/mol. The lowest BCUT2D eigenvalue weighted by Gasteiger charge is -2.15. The number of imidazole rings is 1. The minimum absolute atomic E-state index is 0.472. The lowest BCUT2D eigenvalue weighted by Crippen LogP contribution is -2.19. The van der Waals surface area contributed by atoms with Crippen LogP contribution in [0.2, 0.25) is 0 Å². The number of nitrogens with zero attached hydrogens (tertiary/aromatic N) is 2. The smallest absolute Gasteiger partial charge is 0.203 e. The first-order valence-corrected chi connectivity index (χ1v) is 7.46. The zero-order chi connectivity index (χ0) is 14.1. The number of aryl methyl sites for hydroxylation is 1. The van der Waals surface area contributed by atoms with E-state index in [1.54, 1.807) is 7.11 Å². The lowest BCUT2D eigenvalue weighted by molar-refractivity contribution is 0.187. The Balaban J connectivity index is 2.41. The summed E-state index contributed by atoms with van der Waals surface area (Å²) in [6.07, 6.45) is 8.54. The zero-order valence-electron chi connectivity index (χ0n) is 12.9. The maximum atomic E-state index is 5.13. The molecule has 0 amide bonds. The van der Waals surface area contributed by atoms with E-state index in [0.29, 0.717) is 6.04 Å². The van der Waals surface area contributed by atoms with Gasteiger partial charge in [-0.1, -0.05) is 32.6 Å². The first-order chi connectivity index (χ1) is 9.17. The fourth-order valence-corrected chi connectivity index (χ4v) is 2.19. The van der Waals surface area contributed by atoms with E-state index in [0.717, 1.165) is 24.8 Å². The Morgan fingerprint density at radius 2 is 2.16 bits per heavy atom. The molecule has 1 unspecified atom stereocenters. The highest BCUT2D eigenvalue weighted by atomic mass is 16.5. The summed E-state index contributed by atoms with van der Waals surface area (Å²) >= 11 is 0. The molecule has 4 heteroatoms. The number of methoxy groups -OCH3 is 1. The molecule has 0 bridgehead atoms. The number of anilines is 1. The molecule has 19 heavy (non-hydrogen) atoms. The molecule has 0 aliphatic rings. The topological polar surface area (TPSA) is 39.1 Å². The second kappa shape index (κ2) is 8.97. The van der Waals surface area contributed by atoms with Crippen LogP contribution in [0.3, 0.4) is 0 Å². The molecule has 0 aliphatic carbocycles. The quantitative estimate of drug-likeness (QED) is 0.658. The van der Waals surface area contributed by atoms with Gasteiger partial charge in [0.25, 0.3) is 0 Å². The van der Waals surface area contributed by atoms with E-state index in [1.165, 1.54) is 32.1 Å². The van der Waals surface area contributed by atoms with Crippen LogP contribution in [0, 0.1) is 6.92 Å². The van der Waals surface area contributed by atoms with Crippen molar-refractivity contribution in [2.75, 3.05) is 19.0 Å². The van der Waals surface area contributed by atoms with Crippen molar-refractivity contribution >= 4 is 5.95 Å². The molecule has 1 aromatic heterocycles. The van der Waals surface area contributed by atoms with Crippen molar-refractivity contribution in [2.45, 2.75) is 65.5 Å². The molecule has 0 saturated carbocycles. The fraction of sp³-hybridized carbons (Fsp3) is 0.800. The van der Waals surface area contributed by atoms with E-state index in [2.05, 4.69) is 34.9 Å². The first-order valence-electron chi connectivity index (χ1n) is 7.46. The van der Waals surface area contributed by atoms with Crippen LogP contribution in [0.5, 0.6) is 0 Å². The van der Waals surface area contributed by atoms with E-state index < -0.39 is 0 Å². The Kier molecular flexibility index (Phi) is 7.56. The van der Waals surface area contributed by atoms with E-state index in [-0.39, 0.29) is 0 Å². The van der Waals surface area contributed by atoms with Gasteiger partial charge < -0.3 is 14.6 Å². The van der Waals surface area contributed by atoms with Gasteiger partial charge in [-0.2, -0.15) is 0 Å². The number of hydrogen-bond acceptors (Lipinski definition) is 3. The van der Waals surface area contributed by atoms with Crippen molar-refractivity contribution < 1.29 is 4.74 Å². The third-order valence-electron chi connectivity index (χ3n) is 3.30. The molecule has 1 heterocycles. The molecule has 0 radical (unpaired) electrons. The Hall–Kier alpha value is -1.03. The van der Waals surface area contributed by atoms with Gasteiger partial charge >= 0.3 is 0 Å². The predicted molar refractivity (Wildman–Crippen MR) is 80.7 cm³/mol. The average Bonchev–Trinajstić information content (AvgIpc) is 2.72. The molecule has 1 rings (SSSR count). The monoisotopic (exact) mass is 267 g/mol. The SMILES string of the molecule is CCCCCCC(C)Nc1nc(C)cn1CCOC. The maximum Gasteiger partial charge on any atom is 0.203 e. The van der Waals surface area contributed by atoms with Gasteiger partial charge in [0, 0.05) is 25.9 Å². The number of aromatic nitrogens is 2. The van der Waals surface area contributed by atoms with Crippen LogP contribution >= 0.6 is 0 Å². The second-order valence-electron chi connectivity index (χ2n) is 5.29. The summed E-state index contributed by atoms with van der Waals surface area (Å²) in [4.78, 5) is 4.54. The minimum atomic E-state index is 0.472. The van der Waals surface area contributed by atoms with Gasteiger partial charge in [0.05, 0.1) is 12.3 Å². The maximum absolute atomic E-state index is 5.13. The van der Waals surface area contributed by atoms with Gasteiger partial charge in [-0.15, -0.1) is 0 Å². The highest BCUT2D eigenvalue weighted by Crippen LogP contribution is 2.13. The molecule has 0 aromatic carbocycles. The molecule has 1 aromatic rings. The van der Waals surface area contributed by atoms with Gasteiger partial charge in [-0.3, -0.25) is 0 Å². The van der Waals surface area contributed by atoms with E-state index in [4.69, 9.17) is 4.74 Å². The van der Waals surface area contributed by atoms with Crippen molar-refractivity contribution in [1.29, 1.82) is 0 Å². The van der Waals surface area contributed by atoms with Crippen molar-refractivity contribution in [1.82, 2.24) is 9.55 Å². The average molecular weight is 267 g/mol. The Morgan fingerprint density at radius 1 is 1.37 bits per heavy atom. The van der Waals surface area contributed by atoms with Gasteiger partial charge in [0.2, 0.25) is 5.95 Å². The van der Waals surface area contributed by atoms with Crippen molar-refractivity contribution in [3.63, 3.8) is 0 Å². The molecule has 0 fully saturated rings. The summed E-state index contributed by atoms with van der Waals surface area (Å²) in [5.74, 6) is 0.970. The summed E-state index contributed by atoms with van der Waals surface area (Å²) in [5, 5.41) is 3.51. The Labute approximate surface area is 117 Å². The van der Waals surface area contributed by atoms with Crippen LogP contribution in [0.15, 0.2) is 6.20 Å². The summed E-state index contributed by atoms with van der Waals surface area (Å²) in [7, 11) is 1.73. The minimum Gasteiger partial charge on any atom is -0.383 e. The van der Waals surface area contributed by atoms with Crippen LogP contribution in [0.1, 0.15) is 51.6 Å². The molecule has 0 spiro atoms. The lowest BCUT2D eigenvalue weighted by atomic mass is 10.1. The zero-order valence-corrected chi connectivity index (χ0v) is 12.9. The summed E-state index contributed by atoms with van der Waals surface area (Å²) in [6, 6.07) is 0.472. The summed E-state index contributed by atoms with van der Waals surface area (Å²) < 4.78 is 7.27. The van der Waals surface area contributed by atoms with Gasteiger partial charge in [0.15, 0.2) is 0 Å². The van der Waals surface area contributed by atoms with Crippen LogP contribution < -0.4 is 5.32 Å². The Morgan fingerprint density at radius 3 is 2.84 bits per heavy atom. The van der Waals surface area contributed by atoms with Crippen LogP contribution in [0.25, 0.3) is 0 Å². The number of unbranched alkanes of at least 4 members (excludes halogenated alkanes) is 3. The van der Waals surface area contributed by atoms with Crippen LogP contribution in [-0.4, -0.2) is 29.3 Å². The molecule has 0 aliphatic heterocycles. The third-order valence-corrected chi connectivity index (χ3v) is 3.30. The third kappa shape index (κ3) is 6.10. The highest BCUT2D eigenvalue weighted by molar-refractivity contribution is 5.29. The second-order valence-corrected chi connectivity index (χ2v) is 5.29. The van der Waals surface area contributed by atoms with Gasteiger partial charge in [-0.25, -0.2) is 4.98 Å². The fourth-order valence-electron chi connectivity index (χ4n) is 2.19. The van der Waals surface area contributed by atoms with Crippen molar-refractivity contribution in [3.8, 4) is 0 Å². The number of rotatable bonds is 10. The highest BCUT2D eigenvalue weighted by Gasteiger charge is 2.08. The number of hydrogen-bond donors (Lipinski definition) is 1. The van der Waals surface area contributed by atoms with E-state index >= 15 is 0 Å². The number of nitrogens with one attached hydrogen (secondary N) is 1. The molecule has 110 valence electrons. The first kappa shape index (κ1) is 16.0. The van der Waals surface area contributed by atoms with Crippen LogP contribution in [0.4, 0.5) is 5.95 Å². The van der Waals surface area contributed by atoms with Gasteiger partial charge in [-0.05, 0) is 20.3 Å². The van der Waals surface area contributed by atoms with Crippen molar-refractivity contribution in [2.24, 2.45) is 0 Å². The predicted octanol–water partition coefficient (Wildman–Crippen LogP) is 3.61. The molecule has 1 N–H and O–H groups in total. The summed E-state index contributed by atoms with van der Waals surface area (Å²) in [6.45, 7) is 8.08. The van der Waals surface area contributed by atoms with E-state index in [9.17, 15) is 0 Å². The summed E-state index contributed by atoms with van der Waals surface area (Å²) in [5.41, 5.74) is 1.05. The molecule has 0 saturated heterocycles. The largest absolute Gasteiger partial charge is 0.383 e. The van der Waals surface area contributed by atoms with Gasteiger partial charge in [0.1, 0.15) is 0 Å². The molecular formula is C15H29N3O. The normalized spacial score (nSPS) is 12.6. The standard InChI is InChI=1S/C15H29N3O/c1-5-6-7-8-9-13(2)16-15-17-14(3)12-18(15)10-11-19-4/h12-13H,5-11H2,1-4H3,(H,16,17). The van der Waals surface area contributed by atoms with E-state index in [1.807, 2.05) is 6.92 Å². The molecule has 4 nitrogen and oxygen atoms in total. The van der Waals surface area contributed by atoms with Crippen molar-refractivity contribution in [3.05, 3.63) is 11.9 Å². The number of ether oxygens (including phenoxy) is 1. The van der Waals surface area contributed by atoms with Crippen LogP contribution in [-0.2, 0) is 11.3 Å².